The molecule has 1 heterocycles. The predicted octanol–water partition coefficient (Wildman–Crippen LogP) is 1.12. The molecule has 0 fully saturated rings. The van der Waals surface area contributed by atoms with Crippen LogP contribution in [-0.2, 0) is 0 Å². The average Bonchev–Trinajstić information content (AvgIpc) is 1.98. The molecule has 0 aliphatic carbocycles. The van der Waals surface area contributed by atoms with Crippen molar-refractivity contribution < 1.29 is 0 Å². The Bertz CT molecular complexity index is 147. The molecule has 0 spiro atoms. The highest BCUT2D eigenvalue weighted by molar-refractivity contribution is 5.87. The fourth-order valence-electron chi connectivity index (χ4n) is 0.606. The number of hydrogen-bond acceptors (Lipinski definition) is 2. The maximum atomic E-state index is 3.97. The summed E-state index contributed by atoms with van der Waals surface area (Å²) in [5.41, 5.74) is 4.94. The molecule has 1 aliphatic rings. The summed E-state index contributed by atoms with van der Waals surface area (Å²) in [6.07, 6.45) is 0. The van der Waals surface area contributed by atoms with Crippen molar-refractivity contribution >= 4 is 5.71 Å². The molecule has 44 valence electrons. The largest absolute Gasteiger partial charge is 0.283 e. The molecule has 1 aliphatic heterocycles. The zero-order chi connectivity index (χ0) is 6.15. The number of allylic oxidation sites excluding steroid dienone is 1. The summed E-state index contributed by atoms with van der Waals surface area (Å²) in [5, 5.41) is 3.97. The first-order valence-corrected chi connectivity index (χ1v) is 2.71. The third kappa shape index (κ3) is 0.619. The summed E-state index contributed by atoms with van der Waals surface area (Å²) in [6, 6.07) is 0. The average molecular weight is 110 g/mol. The van der Waals surface area contributed by atoms with Gasteiger partial charge in [-0.3, -0.25) is 5.43 Å². The van der Waals surface area contributed by atoms with Gasteiger partial charge in [0, 0.05) is 17.3 Å². The van der Waals surface area contributed by atoms with Gasteiger partial charge in [-0.15, -0.1) is 0 Å². The Hall–Kier alpha value is -0.790. The van der Waals surface area contributed by atoms with Crippen LogP contribution in [0.15, 0.2) is 17.4 Å². The minimum Gasteiger partial charge on any atom is -0.283 e. The van der Waals surface area contributed by atoms with Gasteiger partial charge in [-0.1, -0.05) is 13.5 Å². The van der Waals surface area contributed by atoms with Gasteiger partial charge in [0.05, 0.1) is 0 Å². The minimum absolute atomic E-state index is 0.426. The van der Waals surface area contributed by atoms with Gasteiger partial charge < -0.3 is 0 Å². The van der Waals surface area contributed by atoms with E-state index < -0.39 is 0 Å². The summed E-state index contributed by atoms with van der Waals surface area (Å²) >= 11 is 0. The van der Waals surface area contributed by atoms with Crippen LogP contribution in [0.3, 0.4) is 0 Å². The van der Waals surface area contributed by atoms with E-state index in [0.29, 0.717) is 5.92 Å². The Morgan fingerprint density at radius 1 is 1.75 bits per heavy atom. The van der Waals surface area contributed by atoms with E-state index in [2.05, 4.69) is 24.0 Å². The van der Waals surface area contributed by atoms with Gasteiger partial charge in [0.25, 0.3) is 0 Å². The van der Waals surface area contributed by atoms with E-state index in [1.165, 1.54) is 0 Å². The number of hydrazone groups is 1. The standard InChI is InChI=1S/C6H10N2/c1-4-5(2)7-8-6(4)3/h4,7H,2H2,1,3H3. The van der Waals surface area contributed by atoms with Gasteiger partial charge in [-0.25, -0.2) is 0 Å². The van der Waals surface area contributed by atoms with Crippen molar-refractivity contribution in [3.8, 4) is 0 Å². The van der Waals surface area contributed by atoms with Crippen LogP contribution in [0.2, 0.25) is 0 Å². The SMILES string of the molecule is C=C1NN=C(C)C1C. The molecule has 2 heteroatoms. The molecule has 1 rings (SSSR count). The maximum Gasteiger partial charge on any atom is 0.0438 e. The lowest BCUT2D eigenvalue weighted by atomic mass is 10.1. The van der Waals surface area contributed by atoms with Crippen molar-refractivity contribution in [1.82, 2.24) is 5.43 Å². The first kappa shape index (κ1) is 5.35. The quantitative estimate of drug-likeness (QED) is 0.496. The van der Waals surface area contributed by atoms with Crippen molar-refractivity contribution in [2.24, 2.45) is 11.0 Å². The fraction of sp³-hybridized carbons (Fsp3) is 0.500. The fourth-order valence-corrected chi connectivity index (χ4v) is 0.606. The van der Waals surface area contributed by atoms with Crippen LogP contribution >= 0.6 is 0 Å². The zero-order valence-corrected chi connectivity index (χ0v) is 5.23. The Morgan fingerprint density at radius 2 is 2.38 bits per heavy atom. The van der Waals surface area contributed by atoms with Crippen molar-refractivity contribution in [3.05, 3.63) is 12.3 Å². The molecular weight excluding hydrogens is 100 g/mol. The van der Waals surface area contributed by atoms with E-state index in [0.717, 1.165) is 11.4 Å². The van der Waals surface area contributed by atoms with Crippen LogP contribution in [0.1, 0.15) is 13.8 Å². The number of hydrogen-bond donors (Lipinski definition) is 1. The van der Waals surface area contributed by atoms with Crippen molar-refractivity contribution in [2.45, 2.75) is 13.8 Å². The van der Waals surface area contributed by atoms with Crippen molar-refractivity contribution in [2.75, 3.05) is 0 Å². The lowest BCUT2D eigenvalue weighted by Gasteiger charge is -1.99. The van der Waals surface area contributed by atoms with E-state index >= 15 is 0 Å². The maximum absolute atomic E-state index is 3.97. The highest BCUT2D eigenvalue weighted by Crippen LogP contribution is 2.12. The number of rotatable bonds is 0. The molecule has 0 saturated carbocycles. The summed E-state index contributed by atoms with van der Waals surface area (Å²) < 4.78 is 0. The lowest BCUT2D eigenvalue weighted by molar-refractivity contribution is 0.838. The van der Waals surface area contributed by atoms with Crippen molar-refractivity contribution in [1.29, 1.82) is 0 Å². The van der Waals surface area contributed by atoms with Gasteiger partial charge in [0.1, 0.15) is 0 Å². The molecule has 1 atom stereocenters. The van der Waals surface area contributed by atoms with E-state index in [1.54, 1.807) is 0 Å². The summed E-state index contributed by atoms with van der Waals surface area (Å²) in [4.78, 5) is 0. The molecular formula is C6H10N2. The van der Waals surface area contributed by atoms with Gasteiger partial charge in [0.2, 0.25) is 0 Å². The van der Waals surface area contributed by atoms with Gasteiger partial charge in [0.15, 0.2) is 0 Å². The van der Waals surface area contributed by atoms with E-state index in [9.17, 15) is 0 Å². The molecule has 8 heavy (non-hydrogen) atoms. The monoisotopic (exact) mass is 110 g/mol. The minimum atomic E-state index is 0.426. The Balaban J connectivity index is 2.72. The van der Waals surface area contributed by atoms with Crippen molar-refractivity contribution in [3.63, 3.8) is 0 Å². The number of nitrogens with one attached hydrogen (secondary N) is 1. The molecule has 0 amide bonds. The molecule has 0 bridgehead atoms. The van der Waals surface area contributed by atoms with Crippen LogP contribution < -0.4 is 5.43 Å². The molecule has 0 radical (unpaired) electrons. The van der Waals surface area contributed by atoms with Crippen LogP contribution in [-0.4, -0.2) is 5.71 Å². The van der Waals surface area contributed by atoms with Crippen LogP contribution in [0.4, 0.5) is 0 Å². The normalized spacial score (nSPS) is 27.5. The van der Waals surface area contributed by atoms with Crippen LogP contribution in [0.5, 0.6) is 0 Å². The molecule has 0 saturated heterocycles. The molecule has 2 nitrogen and oxygen atoms in total. The Morgan fingerprint density at radius 3 is 2.50 bits per heavy atom. The first-order chi connectivity index (χ1) is 3.72. The third-order valence-corrected chi connectivity index (χ3v) is 1.53. The van der Waals surface area contributed by atoms with Gasteiger partial charge in [-0.05, 0) is 6.92 Å². The highest BCUT2D eigenvalue weighted by atomic mass is 15.3. The van der Waals surface area contributed by atoms with E-state index in [4.69, 9.17) is 0 Å². The number of nitrogens with zero attached hydrogens (tertiary/aromatic N) is 1. The van der Waals surface area contributed by atoms with E-state index in [1.807, 2.05) is 6.92 Å². The summed E-state index contributed by atoms with van der Waals surface area (Å²) in [5.74, 6) is 0.426. The second kappa shape index (κ2) is 1.62. The van der Waals surface area contributed by atoms with Crippen LogP contribution in [0, 0.1) is 5.92 Å². The van der Waals surface area contributed by atoms with E-state index in [-0.39, 0.29) is 0 Å². The lowest BCUT2D eigenvalue weighted by Crippen LogP contribution is -2.04. The van der Waals surface area contributed by atoms with Gasteiger partial charge >= 0.3 is 0 Å². The molecule has 1 unspecified atom stereocenters. The predicted molar refractivity (Wildman–Crippen MR) is 34.5 cm³/mol. The summed E-state index contributed by atoms with van der Waals surface area (Å²) in [6.45, 7) is 7.84. The molecule has 1 N–H and O–H groups in total. The second-order valence-corrected chi connectivity index (χ2v) is 2.11. The Labute approximate surface area is 49.3 Å². The third-order valence-electron chi connectivity index (χ3n) is 1.53. The topological polar surface area (TPSA) is 24.4 Å². The van der Waals surface area contributed by atoms with Gasteiger partial charge in [-0.2, -0.15) is 5.10 Å². The highest BCUT2D eigenvalue weighted by Gasteiger charge is 2.14. The second-order valence-electron chi connectivity index (χ2n) is 2.11. The van der Waals surface area contributed by atoms with Crippen LogP contribution in [0.25, 0.3) is 0 Å². The Kier molecular flexibility index (Phi) is 1.08. The molecule has 0 aromatic heterocycles. The smallest absolute Gasteiger partial charge is 0.0438 e. The zero-order valence-electron chi connectivity index (χ0n) is 5.23. The molecule has 0 aromatic rings. The summed E-state index contributed by atoms with van der Waals surface area (Å²) in [7, 11) is 0. The first-order valence-electron chi connectivity index (χ1n) is 2.71. The molecule has 0 aromatic carbocycles.